The van der Waals surface area contributed by atoms with Crippen LogP contribution in [0.15, 0.2) is 30.9 Å². The van der Waals surface area contributed by atoms with Crippen LogP contribution in [0.3, 0.4) is 0 Å². The van der Waals surface area contributed by atoms with Gasteiger partial charge < -0.3 is 12.4 Å². The van der Waals surface area contributed by atoms with Gasteiger partial charge in [-0.05, 0) is 62.0 Å². The predicted molar refractivity (Wildman–Crippen MR) is 98.4 cm³/mol. The van der Waals surface area contributed by atoms with Crippen LogP contribution in [-0.2, 0) is 0 Å². The number of halogens is 1. The van der Waals surface area contributed by atoms with Crippen molar-refractivity contribution < 1.29 is 17.0 Å². The van der Waals surface area contributed by atoms with Crippen molar-refractivity contribution in [2.45, 2.75) is 60.4 Å². The summed E-state index contributed by atoms with van der Waals surface area (Å²) in [6.45, 7) is 14.1. The van der Waals surface area contributed by atoms with Crippen molar-refractivity contribution in [1.82, 2.24) is 4.57 Å². The van der Waals surface area contributed by atoms with Crippen LogP contribution in [0.4, 0.5) is 0 Å². The number of nitrogens with zero attached hydrogens (tertiary/aromatic N) is 2. The molecule has 2 nitrogen and oxygen atoms in total. The molecule has 0 N–H and O–H groups in total. The highest BCUT2D eigenvalue weighted by molar-refractivity contribution is 5.48. The first-order valence-electron chi connectivity index (χ1n) is 9.46. The molecule has 3 aliphatic rings. The summed E-state index contributed by atoms with van der Waals surface area (Å²) < 4.78 is 4.81. The van der Waals surface area contributed by atoms with Crippen LogP contribution < -0.4 is 17.0 Å². The van der Waals surface area contributed by atoms with Gasteiger partial charge in [-0.1, -0.05) is 38.5 Å². The fraction of sp³-hybridized carbons (Fsp3) is 0.591. The number of aryl methyl sites for hydroxylation is 3. The summed E-state index contributed by atoms with van der Waals surface area (Å²) in [6.07, 6.45) is 9.64. The molecule has 0 spiro atoms. The van der Waals surface area contributed by atoms with Gasteiger partial charge in [0.1, 0.15) is 24.1 Å². The molecule has 1 aromatic heterocycles. The Kier molecular flexibility index (Phi) is 4.56. The highest BCUT2D eigenvalue weighted by Crippen LogP contribution is 2.63. The molecule has 3 saturated carbocycles. The molecular weight excluding hydrogens is 328 g/mol. The summed E-state index contributed by atoms with van der Waals surface area (Å²) >= 11 is 0. The van der Waals surface area contributed by atoms with E-state index in [1.807, 2.05) is 0 Å². The van der Waals surface area contributed by atoms with E-state index in [0.717, 1.165) is 17.8 Å². The van der Waals surface area contributed by atoms with Crippen molar-refractivity contribution in [2.24, 2.45) is 23.2 Å². The molecule has 3 fully saturated rings. The molecule has 0 unspecified atom stereocenters. The second-order valence-corrected chi connectivity index (χ2v) is 9.04. The monoisotopic (exact) mass is 358 g/mol. The molecule has 25 heavy (non-hydrogen) atoms. The molecule has 2 bridgehead atoms. The lowest BCUT2D eigenvalue weighted by Crippen LogP contribution is -3.00. The molecule has 0 saturated heterocycles. The fourth-order valence-electron chi connectivity index (χ4n) is 5.79. The van der Waals surface area contributed by atoms with Gasteiger partial charge in [-0.25, -0.2) is 9.13 Å². The SMILES string of the molecule is Cc1cc(C)c(-n2cc[n+]([C@H]3C[C@H]4C[C@@H]([C@@H]3C)C4(C)C)c2)c(C)c1.[Cl-]. The Hall–Kier alpha value is -1.28. The van der Waals surface area contributed by atoms with E-state index in [9.17, 15) is 0 Å². The number of hydrogen-bond donors (Lipinski definition) is 0. The van der Waals surface area contributed by atoms with Gasteiger partial charge in [0.2, 0.25) is 6.33 Å². The zero-order valence-corrected chi connectivity index (χ0v) is 17.1. The zero-order valence-electron chi connectivity index (χ0n) is 16.4. The van der Waals surface area contributed by atoms with Crippen molar-refractivity contribution in [1.29, 1.82) is 0 Å². The standard InChI is InChI=1S/C22H31N2.ClH/c1-14-9-15(2)21(16(3)10-14)24-8-7-23(13-24)20-12-18-11-19(17(20)4)22(18,5)6;/h7-10,13,17-20H,11-12H2,1-6H3;1H/q+1;/p-1/t17-,18+,19-,20-;/m0./s1. The van der Waals surface area contributed by atoms with Crippen molar-refractivity contribution in [3.63, 3.8) is 0 Å². The van der Waals surface area contributed by atoms with Crippen molar-refractivity contribution in [3.05, 3.63) is 47.5 Å². The maximum Gasteiger partial charge on any atom is 0.249 e. The van der Waals surface area contributed by atoms with Gasteiger partial charge in [0.25, 0.3) is 0 Å². The van der Waals surface area contributed by atoms with Crippen LogP contribution in [-0.4, -0.2) is 4.57 Å². The molecule has 0 radical (unpaired) electrons. The van der Waals surface area contributed by atoms with E-state index in [1.54, 1.807) is 0 Å². The van der Waals surface area contributed by atoms with Gasteiger partial charge in [0, 0.05) is 5.92 Å². The molecule has 3 heteroatoms. The smallest absolute Gasteiger partial charge is 0.249 e. The number of hydrogen-bond acceptors (Lipinski definition) is 0. The lowest BCUT2D eigenvalue weighted by Gasteiger charge is -2.61. The number of rotatable bonds is 2. The van der Waals surface area contributed by atoms with E-state index >= 15 is 0 Å². The molecule has 3 aliphatic carbocycles. The van der Waals surface area contributed by atoms with Gasteiger partial charge >= 0.3 is 0 Å². The first-order valence-corrected chi connectivity index (χ1v) is 9.46. The van der Waals surface area contributed by atoms with Gasteiger partial charge in [0.05, 0.1) is 0 Å². The Morgan fingerprint density at radius 1 is 1.08 bits per heavy atom. The highest BCUT2D eigenvalue weighted by atomic mass is 35.5. The predicted octanol–water partition coefficient (Wildman–Crippen LogP) is 1.94. The largest absolute Gasteiger partial charge is 1.00 e. The summed E-state index contributed by atoms with van der Waals surface area (Å²) in [4.78, 5) is 0. The molecular formula is C22H31ClN2. The third kappa shape index (κ3) is 2.73. The molecule has 0 amide bonds. The molecule has 5 rings (SSSR count). The molecule has 0 aliphatic heterocycles. The molecule has 136 valence electrons. The zero-order chi connectivity index (χ0) is 17.2. The van der Waals surface area contributed by atoms with Gasteiger partial charge in [-0.3, -0.25) is 0 Å². The minimum absolute atomic E-state index is 0. The minimum atomic E-state index is 0. The molecule has 1 aromatic carbocycles. The van der Waals surface area contributed by atoms with E-state index in [1.165, 1.54) is 35.2 Å². The van der Waals surface area contributed by atoms with Crippen LogP contribution in [0.2, 0.25) is 0 Å². The summed E-state index contributed by atoms with van der Waals surface area (Å²) in [7, 11) is 0. The second-order valence-electron chi connectivity index (χ2n) is 9.04. The average Bonchev–Trinajstić information content (AvgIpc) is 2.95. The third-order valence-corrected chi connectivity index (χ3v) is 7.25. The van der Waals surface area contributed by atoms with E-state index in [4.69, 9.17) is 0 Å². The maximum absolute atomic E-state index is 2.48. The van der Waals surface area contributed by atoms with E-state index in [0.29, 0.717) is 11.5 Å². The number of aromatic nitrogens is 2. The van der Waals surface area contributed by atoms with Gasteiger partial charge in [-0.2, -0.15) is 0 Å². The lowest BCUT2D eigenvalue weighted by atomic mass is 9.44. The Morgan fingerprint density at radius 3 is 2.28 bits per heavy atom. The summed E-state index contributed by atoms with van der Waals surface area (Å²) in [5, 5.41) is 0. The quantitative estimate of drug-likeness (QED) is 0.725. The Morgan fingerprint density at radius 2 is 1.72 bits per heavy atom. The van der Waals surface area contributed by atoms with E-state index in [-0.39, 0.29) is 12.4 Å². The number of benzene rings is 1. The van der Waals surface area contributed by atoms with Crippen LogP contribution in [0.5, 0.6) is 0 Å². The van der Waals surface area contributed by atoms with Crippen molar-refractivity contribution >= 4 is 0 Å². The second kappa shape index (κ2) is 6.16. The minimum Gasteiger partial charge on any atom is -1.00 e. The van der Waals surface area contributed by atoms with Gasteiger partial charge in [-0.15, -0.1) is 0 Å². The Balaban J connectivity index is 0.00000182. The normalized spacial score (nSPS) is 29.7. The fourth-order valence-corrected chi connectivity index (χ4v) is 5.79. The van der Waals surface area contributed by atoms with Crippen molar-refractivity contribution in [2.75, 3.05) is 0 Å². The number of fused-ring (bicyclic) bond motifs is 2. The third-order valence-electron chi connectivity index (χ3n) is 7.25. The number of imidazole rings is 1. The summed E-state index contributed by atoms with van der Waals surface area (Å²) in [5.41, 5.74) is 5.96. The van der Waals surface area contributed by atoms with E-state index < -0.39 is 0 Å². The average molecular weight is 359 g/mol. The maximum atomic E-state index is 2.48. The summed E-state index contributed by atoms with van der Waals surface area (Å²) in [5.74, 6) is 2.56. The first-order chi connectivity index (χ1) is 11.3. The molecule has 4 atom stereocenters. The molecule has 1 heterocycles. The van der Waals surface area contributed by atoms with E-state index in [2.05, 4.69) is 81.5 Å². The van der Waals surface area contributed by atoms with Crippen LogP contribution in [0.25, 0.3) is 5.69 Å². The Labute approximate surface area is 158 Å². The first kappa shape index (κ1) is 18.5. The van der Waals surface area contributed by atoms with Crippen LogP contribution >= 0.6 is 0 Å². The lowest BCUT2D eigenvalue weighted by molar-refractivity contribution is -0.737. The van der Waals surface area contributed by atoms with Crippen molar-refractivity contribution in [3.8, 4) is 5.69 Å². The topological polar surface area (TPSA) is 8.81 Å². The Bertz CT molecular complexity index is 766. The van der Waals surface area contributed by atoms with Gasteiger partial charge in [0.15, 0.2) is 0 Å². The highest BCUT2D eigenvalue weighted by Gasteiger charge is 2.57. The molecule has 2 aromatic rings. The van der Waals surface area contributed by atoms with Crippen LogP contribution in [0, 0.1) is 43.9 Å². The van der Waals surface area contributed by atoms with Crippen LogP contribution in [0.1, 0.15) is 56.3 Å². The summed E-state index contributed by atoms with van der Waals surface area (Å²) in [6, 6.07) is 5.23.